The van der Waals surface area contributed by atoms with E-state index in [-0.39, 0.29) is 0 Å². The lowest BCUT2D eigenvalue weighted by Gasteiger charge is -2.13. The number of ether oxygens (including phenoxy) is 2. The Hall–Kier alpha value is -2.00. The topological polar surface area (TPSA) is 38.7 Å². The lowest BCUT2D eigenvalue weighted by atomic mass is 10.0. The van der Waals surface area contributed by atoms with Crippen molar-refractivity contribution in [3.05, 3.63) is 59.7 Å². The van der Waals surface area contributed by atoms with Crippen molar-refractivity contribution in [2.75, 3.05) is 6.61 Å². The highest BCUT2D eigenvalue weighted by atomic mass is 16.5. The van der Waals surface area contributed by atoms with Crippen LogP contribution in [0.3, 0.4) is 0 Å². The molecule has 0 aromatic heterocycles. The molecule has 0 radical (unpaired) electrons. The summed E-state index contributed by atoms with van der Waals surface area (Å²) in [5.41, 5.74) is 1.95. The Labute approximate surface area is 118 Å². The van der Waals surface area contributed by atoms with E-state index >= 15 is 0 Å². The maximum atomic E-state index is 10.1. The molecule has 1 N–H and O–H groups in total. The van der Waals surface area contributed by atoms with Crippen molar-refractivity contribution in [3.8, 4) is 11.5 Å². The molecule has 3 nitrogen and oxygen atoms in total. The molecular weight excluding hydrogens is 252 g/mol. The zero-order valence-electron chi connectivity index (χ0n) is 11.3. The zero-order chi connectivity index (χ0) is 13.8. The number of aliphatic hydroxyl groups is 1. The molecule has 0 aliphatic carbocycles. The van der Waals surface area contributed by atoms with E-state index in [1.807, 2.05) is 48.5 Å². The first-order valence-corrected chi connectivity index (χ1v) is 6.94. The summed E-state index contributed by atoms with van der Waals surface area (Å²) in [5.74, 6) is 1.53. The van der Waals surface area contributed by atoms with Crippen LogP contribution in [-0.4, -0.2) is 11.7 Å². The molecule has 0 spiro atoms. The van der Waals surface area contributed by atoms with E-state index in [2.05, 4.69) is 0 Å². The first kappa shape index (κ1) is 13.0. The molecule has 104 valence electrons. The normalized spacial score (nSPS) is 17.8. The summed E-state index contributed by atoms with van der Waals surface area (Å²) in [6, 6.07) is 15.7. The van der Waals surface area contributed by atoms with E-state index in [9.17, 15) is 5.11 Å². The molecule has 1 aliphatic rings. The SMILES string of the molecule is OC1CCCOc2ccc(OCc3ccccc3)cc21. The molecule has 0 amide bonds. The Morgan fingerprint density at radius 2 is 2.00 bits per heavy atom. The third-order valence-electron chi connectivity index (χ3n) is 3.47. The van der Waals surface area contributed by atoms with Gasteiger partial charge in [0, 0.05) is 5.56 Å². The second-order valence-corrected chi connectivity index (χ2v) is 4.98. The van der Waals surface area contributed by atoms with Crippen molar-refractivity contribution in [1.82, 2.24) is 0 Å². The summed E-state index contributed by atoms with van der Waals surface area (Å²) in [7, 11) is 0. The first-order valence-electron chi connectivity index (χ1n) is 6.94. The van der Waals surface area contributed by atoms with E-state index in [4.69, 9.17) is 9.47 Å². The van der Waals surface area contributed by atoms with Crippen LogP contribution in [0.1, 0.15) is 30.1 Å². The average Bonchev–Trinajstić information content (AvgIpc) is 2.68. The lowest BCUT2D eigenvalue weighted by molar-refractivity contribution is 0.167. The molecule has 0 saturated carbocycles. The first-order chi connectivity index (χ1) is 9.83. The van der Waals surface area contributed by atoms with Crippen LogP contribution in [0.25, 0.3) is 0 Å². The Bertz CT molecular complexity index is 566. The fourth-order valence-corrected chi connectivity index (χ4v) is 2.36. The van der Waals surface area contributed by atoms with E-state index in [0.717, 1.165) is 35.5 Å². The van der Waals surface area contributed by atoms with Crippen LogP contribution in [-0.2, 0) is 6.61 Å². The zero-order valence-corrected chi connectivity index (χ0v) is 11.3. The predicted molar refractivity (Wildman–Crippen MR) is 76.9 cm³/mol. The highest BCUT2D eigenvalue weighted by molar-refractivity contribution is 5.42. The van der Waals surface area contributed by atoms with Gasteiger partial charge in [0.1, 0.15) is 18.1 Å². The van der Waals surface area contributed by atoms with Gasteiger partial charge in [0.2, 0.25) is 0 Å². The number of hydrogen-bond acceptors (Lipinski definition) is 3. The van der Waals surface area contributed by atoms with E-state index in [1.165, 1.54) is 0 Å². The smallest absolute Gasteiger partial charge is 0.125 e. The minimum atomic E-state index is -0.465. The molecule has 2 aromatic carbocycles. The molecule has 0 saturated heterocycles. The minimum absolute atomic E-state index is 0.465. The second-order valence-electron chi connectivity index (χ2n) is 4.98. The Balaban J connectivity index is 1.75. The highest BCUT2D eigenvalue weighted by Gasteiger charge is 2.18. The van der Waals surface area contributed by atoms with Gasteiger partial charge in [0.15, 0.2) is 0 Å². The summed E-state index contributed by atoms with van der Waals surface area (Å²) in [5, 5.41) is 10.1. The van der Waals surface area contributed by atoms with Gasteiger partial charge in [-0.2, -0.15) is 0 Å². The van der Waals surface area contributed by atoms with Crippen molar-refractivity contribution in [1.29, 1.82) is 0 Å². The Morgan fingerprint density at radius 3 is 2.85 bits per heavy atom. The van der Waals surface area contributed by atoms with Gasteiger partial charge < -0.3 is 14.6 Å². The third-order valence-corrected chi connectivity index (χ3v) is 3.47. The van der Waals surface area contributed by atoms with Crippen molar-refractivity contribution in [3.63, 3.8) is 0 Å². The summed E-state index contributed by atoms with van der Waals surface area (Å²) in [4.78, 5) is 0. The van der Waals surface area contributed by atoms with Gasteiger partial charge in [-0.05, 0) is 36.6 Å². The van der Waals surface area contributed by atoms with Gasteiger partial charge in [0.25, 0.3) is 0 Å². The minimum Gasteiger partial charge on any atom is -0.493 e. The van der Waals surface area contributed by atoms with Crippen molar-refractivity contribution in [2.45, 2.75) is 25.6 Å². The number of aliphatic hydroxyl groups excluding tert-OH is 1. The predicted octanol–water partition coefficient (Wildman–Crippen LogP) is 3.47. The van der Waals surface area contributed by atoms with Crippen molar-refractivity contribution in [2.24, 2.45) is 0 Å². The van der Waals surface area contributed by atoms with E-state index < -0.39 is 6.10 Å². The molecule has 20 heavy (non-hydrogen) atoms. The Kier molecular flexibility index (Phi) is 3.88. The molecule has 1 atom stereocenters. The van der Waals surface area contributed by atoms with Crippen molar-refractivity contribution < 1.29 is 14.6 Å². The summed E-state index contributed by atoms with van der Waals surface area (Å²) < 4.78 is 11.4. The molecule has 3 rings (SSSR count). The van der Waals surface area contributed by atoms with Gasteiger partial charge in [-0.25, -0.2) is 0 Å². The molecule has 1 heterocycles. The van der Waals surface area contributed by atoms with Crippen LogP contribution in [0.2, 0.25) is 0 Å². The largest absolute Gasteiger partial charge is 0.493 e. The molecule has 3 heteroatoms. The van der Waals surface area contributed by atoms with Crippen LogP contribution < -0.4 is 9.47 Å². The molecular formula is C17H18O3. The number of fused-ring (bicyclic) bond motifs is 1. The summed E-state index contributed by atoms with van der Waals surface area (Å²) in [6.07, 6.45) is 1.14. The van der Waals surface area contributed by atoms with Gasteiger partial charge in [-0.3, -0.25) is 0 Å². The van der Waals surface area contributed by atoms with E-state index in [0.29, 0.717) is 13.2 Å². The fourth-order valence-electron chi connectivity index (χ4n) is 2.36. The van der Waals surface area contributed by atoms with Crippen LogP contribution in [0.5, 0.6) is 11.5 Å². The maximum absolute atomic E-state index is 10.1. The molecule has 0 bridgehead atoms. The summed E-state index contributed by atoms with van der Waals surface area (Å²) in [6.45, 7) is 1.19. The van der Waals surface area contributed by atoms with Crippen LogP contribution in [0, 0.1) is 0 Å². The lowest BCUT2D eigenvalue weighted by Crippen LogP contribution is -1.99. The van der Waals surface area contributed by atoms with Gasteiger partial charge >= 0.3 is 0 Å². The van der Waals surface area contributed by atoms with Gasteiger partial charge in [-0.15, -0.1) is 0 Å². The van der Waals surface area contributed by atoms with Crippen molar-refractivity contribution >= 4 is 0 Å². The molecule has 1 unspecified atom stereocenters. The number of hydrogen-bond donors (Lipinski definition) is 1. The number of benzene rings is 2. The average molecular weight is 270 g/mol. The molecule has 0 fully saturated rings. The fraction of sp³-hybridized carbons (Fsp3) is 0.294. The quantitative estimate of drug-likeness (QED) is 0.928. The van der Waals surface area contributed by atoms with Crippen LogP contribution in [0.4, 0.5) is 0 Å². The molecule has 2 aromatic rings. The highest BCUT2D eigenvalue weighted by Crippen LogP contribution is 2.34. The molecule has 1 aliphatic heterocycles. The second kappa shape index (κ2) is 5.97. The van der Waals surface area contributed by atoms with E-state index in [1.54, 1.807) is 0 Å². The van der Waals surface area contributed by atoms with Crippen LogP contribution in [0.15, 0.2) is 48.5 Å². The van der Waals surface area contributed by atoms with Gasteiger partial charge in [0.05, 0.1) is 12.7 Å². The number of rotatable bonds is 3. The maximum Gasteiger partial charge on any atom is 0.125 e. The van der Waals surface area contributed by atoms with Gasteiger partial charge in [-0.1, -0.05) is 30.3 Å². The standard InChI is InChI=1S/C17H18O3/c18-16-7-4-10-19-17-9-8-14(11-15(16)17)20-12-13-5-2-1-3-6-13/h1-3,5-6,8-9,11,16,18H,4,7,10,12H2. The van der Waals surface area contributed by atoms with Crippen LogP contribution >= 0.6 is 0 Å². The summed E-state index contributed by atoms with van der Waals surface area (Å²) >= 11 is 0. The monoisotopic (exact) mass is 270 g/mol. The Morgan fingerprint density at radius 1 is 1.15 bits per heavy atom. The third kappa shape index (κ3) is 2.94.